The third-order valence-corrected chi connectivity index (χ3v) is 5.73. The molecule has 1 unspecified atom stereocenters. The lowest BCUT2D eigenvalue weighted by Gasteiger charge is -2.24. The maximum absolute atomic E-state index is 12.5. The molecule has 6 heteroatoms. The third-order valence-electron chi connectivity index (χ3n) is 4.16. The third kappa shape index (κ3) is 4.03. The molecule has 0 heterocycles. The van der Waals surface area contributed by atoms with Crippen LogP contribution in [0.15, 0.2) is 23.1 Å². The van der Waals surface area contributed by atoms with Gasteiger partial charge in [-0.25, -0.2) is 13.1 Å². The Bertz CT molecular complexity index is 597. The van der Waals surface area contributed by atoms with E-state index >= 15 is 0 Å². The van der Waals surface area contributed by atoms with Crippen molar-refractivity contribution in [2.24, 2.45) is 5.73 Å². The first-order valence-corrected chi connectivity index (χ1v) is 8.84. The van der Waals surface area contributed by atoms with Crippen LogP contribution in [0, 0.1) is 6.92 Å². The smallest absolute Gasteiger partial charge is 0.240 e. The first-order chi connectivity index (χ1) is 9.85. The van der Waals surface area contributed by atoms with Gasteiger partial charge in [0.15, 0.2) is 0 Å². The van der Waals surface area contributed by atoms with Gasteiger partial charge in [0.05, 0.1) is 4.90 Å². The number of sulfonamides is 1. The van der Waals surface area contributed by atoms with Crippen molar-refractivity contribution in [3.05, 3.63) is 29.3 Å². The Kier molecular flexibility index (Phi) is 5.03. The second kappa shape index (κ2) is 6.44. The molecule has 0 amide bonds. The number of nitrogens with zero attached hydrogens (tertiary/aromatic N) is 1. The fourth-order valence-electron chi connectivity index (χ4n) is 2.35. The van der Waals surface area contributed by atoms with Crippen LogP contribution in [0.2, 0.25) is 0 Å². The van der Waals surface area contributed by atoms with Crippen LogP contribution in [-0.4, -0.2) is 39.0 Å². The molecule has 0 bridgehead atoms. The molecule has 1 atom stereocenters. The second-order valence-corrected chi connectivity index (χ2v) is 7.64. The summed E-state index contributed by atoms with van der Waals surface area (Å²) in [4.78, 5) is 2.57. The van der Waals surface area contributed by atoms with Crippen molar-refractivity contribution < 1.29 is 8.42 Å². The van der Waals surface area contributed by atoms with Gasteiger partial charge in [0, 0.05) is 25.2 Å². The van der Waals surface area contributed by atoms with Gasteiger partial charge in [0.1, 0.15) is 0 Å². The summed E-state index contributed by atoms with van der Waals surface area (Å²) in [6, 6.07) is 6.12. The maximum atomic E-state index is 12.5. The van der Waals surface area contributed by atoms with Crippen LogP contribution in [0.4, 0.5) is 0 Å². The van der Waals surface area contributed by atoms with E-state index in [2.05, 4.69) is 16.7 Å². The van der Waals surface area contributed by atoms with E-state index in [0.717, 1.165) is 11.1 Å². The molecule has 1 saturated carbocycles. The second-order valence-electron chi connectivity index (χ2n) is 5.90. The van der Waals surface area contributed by atoms with E-state index in [1.807, 2.05) is 13.0 Å². The minimum Gasteiger partial charge on any atom is -0.326 e. The molecule has 1 aliphatic carbocycles. The molecular formula is C15H25N3O2S. The molecule has 0 radical (unpaired) electrons. The molecule has 1 aromatic rings. The van der Waals surface area contributed by atoms with E-state index in [1.54, 1.807) is 19.1 Å². The summed E-state index contributed by atoms with van der Waals surface area (Å²) in [5.41, 5.74) is 7.15. The normalized spacial score (nSPS) is 17.2. The first-order valence-electron chi connectivity index (χ1n) is 7.36. The Labute approximate surface area is 127 Å². The van der Waals surface area contributed by atoms with Gasteiger partial charge in [0.2, 0.25) is 10.0 Å². The van der Waals surface area contributed by atoms with Gasteiger partial charge in [-0.15, -0.1) is 0 Å². The van der Waals surface area contributed by atoms with Gasteiger partial charge in [0.25, 0.3) is 0 Å². The van der Waals surface area contributed by atoms with E-state index in [0.29, 0.717) is 24.0 Å². The molecule has 21 heavy (non-hydrogen) atoms. The van der Waals surface area contributed by atoms with E-state index in [9.17, 15) is 8.42 Å². The van der Waals surface area contributed by atoms with Crippen molar-refractivity contribution in [2.45, 2.75) is 50.2 Å². The molecule has 0 spiro atoms. The molecule has 5 nitrogen and oxygen atoms in total. The Balaban J connectivity index is 2.07. The van der Waals surface area contributed by atoms with E-state index in [4.69, 9.17) is 5.73 Å². The van der Waals surface area contributed by atoms with Gasteiger partial charge in [-0.05, 0) is 50.9 Å². The summed E-state index contributed by atoms with van der Waals surface area (Å²) in [6.07, 6.45) is 2.43. The van der Waals surface area contributed by atoms with E-state index < -0.39 is 10.0 Å². The highest BCUT2D eigenvalue weighted by Gasteiger charge is 2.29. The minimum atomic E-state index is -3.49. The molecule has 0 aromatic heterocycles. The Morgan fingerprint density at radius 2 is 2.10 bits per heavy atom. The number of hydrogen-bond donors (Lipinski definition) is 2. The highest BCUT2D eigenvalue weighted by Crippen LogP contribution is 2.26. The molecule has 2 rings (SSSR count). The van der Waals surface area contributed by atoms with Crippen LogP contribution in [-0.2, 0) is 16.6 Å². The first kappa shape index (κ1) is 16.4. The van der Waals surface area contributed by atoms with Gasteiger partial charge < -0.3 is 5.73 Å². The number of hydrogen-bond acceptors (Lipinski definition) is 4. The van der Waals surface area contributed by atoms with Gasteiger partial charge >= 0.3 is 0 Å². The van der Waals surface area contributed by atoms with E-state index in [1.165, 1.54) is 12.8 Å². The molecule has 0 saturated heterocycles. The van der Waals surface area contributed by atoms with Crippen LogP contribution in [0.25, 0.3) is 0 Å². The Morgan fingerprint density at radius 1 is 1.43 bits per heavy atom. The average molecular weight is 311 g/mol. The molecule has 118 valence electrons. The fourth-order valence-corrected chi connectivity index (χ4v) is 3.77. The fraction of sp³-hybridized carbons (Fsp3) is 0.600. The number of aryl methyl sites for hydroxylation is 1. The van der Waals surface area contributed by atoms with Crippen LogP contribution in [0.1, 0.15) is 30.9 Å². The van der Waals surface area contributed by atoms with Crippen molar-refractivity contribution in [3.63, 3.8) is 0 Å². The van der Waals surface area contributed by atoms with Crippen molar-refractivity contribution in [2.75, 3.05) is 13.6 Å². The van der Waals surface area contributed by atoms with Crippen LogP contribution >= 0.6 is 0 Å². The molecule has 3 N–H and O–H groups in total. The lowest BCUT2D eigenvalue weighted by Crippen LogP contribution is -2.41. The lowest BCUT2D eigenvalue weighted by atomic mass is 10.1. The van der Waals surface area contributed by atoms with Gasteiger partial charge in [-0.1, -0.05) is 12.1 Å². The Morgan fingerprint density at radius 3 is 2.67 bits per heavy atom. The van der Waals surface area contributed by atoms with Crippen molar-refractivity contribution >= 4 is 10.0 Å². The van der Waals surface area contributed by atoms with E-state index in [-0.39, 0.29) is 6.04 Å². The monoisotopic (exact) mass is 311 g/mol. The summed E-state index contributed by atoms with van der Waals surface area (Å²) in [5, 5.41) is 0. The van der Waals surface area contributed by atoms with Crippen LogP contribution in [0.5, 0.6) is 0 Å². The largest absolute Gasteiger partial charge is 0.326 e. The zero-order valence-corrected chi connectivity index (χ0v) is 13.8. The van der Waals surface area contributed by atoms with Crippen molar-refractivity contribution in [1.29, 1.82) is 0 Å². The number of likely N-dealkylation sites (N-methyl/N-ethyl adjacent to an activating group) is 1. The van der Waals surface area contributed by atoms with Gasteiger partial charge in [-0.3, -0.25) is 4.90 Å². The summed E-state index contributed by atoms with van der Waals surface area (Å²) in [7, 11) is -1.44. The minimum absolute atomic E-state index is 0.185. The molecule has 1 aromatic carbocycles. The molecule has 1 aliphatic rings. The number of benzene rings is 1. The summed E-state index contributed by atoms with van der Waals surface area (Å²) in [5.74, 6) is 0. The maximum Gasteiger partial charge on any atom is 0.240 e. The predicted molar refractivity (Wildman–Crippen MR) is 84.5 cm³/mol. The number of rotatable bonds is 7. The zero-order chi connectivity index (χ0) is 15.6. The van der Waals surface area contributed by atoms with Gasteiger partial charge in [-0.2, -0.15) is 0 Å². The summed E-state index contributed by atoms with van der Waals surface area (Å²) < 4.78 is 27.6. The summed E-state index contributed by atoms with van der Waals surface area (Å²) in [6.45, 7) is 4.60. The number of nitrogens with one attached hydrogen (secondary N) is 1. The molecular weight excluding hydrogens is 286 g/mol. The molecule has 1 fully saturated rings. The predicted octanol–water partition coefficient (Wildman–Crippen LogP) is 1.21. The van der Waals surface area contributed by atoms with Crippen LogP contribution < -0.4 is 10.5 Å². The highest BCUT2D eigenvalue weighted by molar-refractivity contribution is 7.89. The Hall–Kier alpha value is -0.950. The zero-order valence-electron chi connectivity index (χ0n) is 13.0. The van der Waals surface area contributed by atoms with Crippen molar-refractivity contribution in [1.82, 2.24) is 9.62 Å². The average Bonchev–Trinajstić information content (AvgIpc) is 3.29. The van der Waals surface area contributed by atoms with Crippen molar-refractivity contribution in [3.8, 4) is 0 Å². The quantitative estimate of drug-likeness (QED) is 0.794. The topological polar surface area (TPSA) is 75.4 Å². The van der Waals surface area contributed by atoms with Crippen LogP contribution in [0.3, 0.4) is 0 Å². The highest BCUT2D eigenvalue weighted by atomic mass is 32.2. The SMILES string of the molecule is Cc1ccc(CN)cc1S(=O)(=O)NCC(C)N(C)C1CC1. The standard InChI is InChI=1S/C15H25N3O2S/c1-11-4-5-13(9-16)8-15(11)21(19,20)17-10-12(2)18(3)14-6-7-14/h4-5,8,12,14,17H,6-7,9-10,16H2,1-3H3. The number of nitrogens with two attached hydrogens (primary N) is 1. The molecule has 0 aliphatic heterocycles. The summed E-state index contributed by atoms with van der Waals surface area (Å²) >= 11 is 0. The lowest BCUT2D eigenvalue weighted by molar-refractivity contribution is 0.248.